The van der Waals surface area contributed by atoms with Crippen molar-refractivity contribution in [2.75, 3.05) is 42.9 Å². The summed E-state index contributed by atoms with van der Waals surface area (Å²) in [5, 5.41) is 8.65. The molecule has 2 aromatic heterocycles. The Bertz CT molecular complexity index is 669. The van der Waals surface area contributed by atoms with E-state index in [1.54, 1.807) is 18.3 Å². The highest BCUT2D eigenvalue weighted by atomic mass is 16.2. The molecule has 0 atom stereocenters. The largest absolute Gasteiger partial charge is 0.353 e. The average molecular weight is 301 g/mol. The Kier molecular flexibility index (Phi) is 4.29. The van der Waals surface area contributed by atoms with Crippen LogP contribution in [-0.4, -0.2) is 53.7 Å². The van der Waals surface area contributed by atoms with E-state index in [4.69, 9.17) is 0 Å². The van der Waals surface area contributed by atoms with E-state index in [1.165, 1.54) is 0 Å². The third-order valence-corrected chi connectivity index (χ3v) is 3.41. The smallest absolute Gasteiger partial charge is 0.320 e. The second-order valence-electron chi connectivity index (χ2n) is 4.99. The van der Waals surface area contributed by atoms with Crippen LogP contribution in [0.1, 0.15) is 6.92 Å². The molecule has 8 heteroatoms. The maximum absolute atomic E-state index is 11.5. The van der Waals surface area contributed by atoms with Crippen molar-refractivity contribution in [3.8, 4) is 0 Å². The lowest BCUT2D eigenvalue weighted by Gasteiger charge is -2.28. The van der Waals surface area contributed by atoms with E-state index in [-0.39, 0.29) is 6.03 Å². The van der Waals surface area contributed by atoms with Crippen molar-refractivity contribution in [2.24, 2.45) is 0 Å². The van der Waals surface area contributed by atoms with Crippen LogP contribution in [-0.2, 0) is 0 Å². The summed E-state index contributed by atoms with van der Waals surface area (Å²) in [6.45, 7) is 6.09. The summed E-state index contributed by atoms with van der Waals surface area (Å²) >= 11 is 0. The molecular formula is C14H19N7O. The molecule has 116 valence electrons. The van der Waals surface area contributed by atoms with Crippen molar-refractivity contribution in [1.29, 1.82) is 0 Å². The number of amides is 2. The summed E-state index contributed by atoms with van der Waals surface area (Å²) in [4.78, 5) is 27.1. The van der Waals surface area contributed by atoms with Crippen molar-refractivity contribution in [3.05, 3.63) is 18.3 Å². The predicted octanol–water partition coefficient (Wildman–Crippen LogP) is 0.576. The minimum absolute atomic E-state index is 0.277. The highest BCUT2D eigenvalue weighted by molar-refractivity contribution is 5.89. The number of hydrogen-bond donors (Lipinski definition) is 3. The Balaban J connectivity index is 1.84. The molecule has 0 bridgehead atoms. The lowest BCUT2D eigenvalue weighted by atomic mass is 10.3. The molecule has 0 saturated carbocycles. The first-order chi connectivity index (χ1) is 10.8. The number of hydrogen-bond acceptors (Lipinski definition) is 6. The summed E-state index contributed by atoms with van der Waals surface area (Å²) in [5.74, 6) is 1.28. The van der Waals surface area contributed by atoms with Gasteiger partial charge in [-0.3, -0.25) is 5.32 Å². The summed E-state index contributed by atoms with van der Waals surface area (Å²) in [6.07, 6.45) is 1.77. The zero-order valence-electron chi connectivity index (χ0n) is 12.5. The Morgan fingerprint density at radius 1 is 1.32 bits per heavy atom. The fourth-order valence-corrected chi connectivity index (χ4v) is 2.33. The first kappa shape index (κ1) is 14.5. The van der Waals surface area contributed by atoms with Crippen molar-refractivity contribution in [2.45, 2.75) is 6.92 Å². The van der Waals surface area contributed by atoms with Gasteiger partial charge in [-0.15, -0.1) is 0 Å². The highest BCUT2D eigenvalue weighted by Gasteiger charge is 2.13. The van der Waals surface area contributed by atoms with Gasteiger partial charge in [0.25, 0.3) is 0 Å². The Morgan fingerprint density at radius 3 is 2.91 bits per heavy atom. The zero-order valence-corrected chi connectivity index (χ0v) is 12.5. The second-order valence-corrected chi connectivity index (χ2v) is 4.99. The van der Waals surface area contributed by atoms with Gasteiger partial charge in [0.2, 0.25) is 0 Å². The highest BCUT2D eigenvalue weighted by Crippen LogP contribution is 2.16. The third kappa shape index (κ3) is 3.22. The van der Waals surface area contributed by atoms with E-state index >= 15 is 0 Å². The Morgan fingerprint density at radius 2 is 2.14 bits per heavy atom. The van der Waals surface area contributed by atoms with Crippen LogP contribution in [0.5, 0.6) is 0 Å². The zero-order chi connectivity index (χ0) is 15.4. The fourth-order valence-electron chi connectivity index (χ4n) is 2.33. The van der Waals surface area contributed by atoms with Gasteiger partial charge in [0.1, 0.15) is 17.2 Å². The average Bonchev–Trinajstić information content (AvgIpc) is 2.55. The number of nitrogens with zero attached hydrogens (tertiary/aromatic N) is 4. The quantitative estimate of drug-likeness (QED) is 0.767. The van der Waals surface area contributed by atoms with Crippen molar-refractivity contribution in [3.63, 3.8) is 0 Å². The maximum Gasteiger partial charge on any atom is 0.320 e. The van der Waals surface area contributed by atoms with Gasteiger partial charge >= 0.3 is 6.03 Å². The number of carbonyl (C=O) groups is 1. The van der Waals surface area contributed by atoms with Crippen LogP contribution >= 0.6 is 0 Å². The molecule has 1 saturated heterocycles. The van der Waals surface area contributed by atoms with E-state index in [2.05, 4.69) is 35.8 Å². The number of fused-ring (bicyclic) bond motifs is 1. The Hall–Kier alpha value is -2.48. The van der Waals surface area contributed by atoms with Gasteiger partial charge in [0.05, 0.1) is 6.20 Å². The maximum atomic E-state index is 11.5. The van der Waals surface area contributed by atoms with Crippen LogP contribution in [0.3, 0.4) is 0 Å². The summed E-state index contributed by atoms with van der Waals surface area (Å²) in [6, 6.07) is 3.25. The number of pyridine rings is 1. The van der Waals surface area contributed by atoms with Gasteiger partial charge in [-0.1, -0.05) is 0 Å². The van der Waals surface area contributed by atoms with Gasteiger partial charge in [-0.25, -0.2) is 19.7 Å². The predicted molar refractivity (Wildman–Crippen MR) is 85.1 cm³/mol. The van der Waals surface area contributed by atoms with Crippen LogP contribution in [0.25, 0.3) is 11.2 Å². The summed E-state index contributed by atoms with van der Waals surface area (Å²) < 4.78 is 0. The lowest BCUT2D eigenvalue weighted by Crippen LogP contribution is -2.43. The molecule has 2 amide bonds. The van der Waals surface area contributed by atoms with Crippen molar-refractivity contribution >= 4 is 28.8 Å². The molecule has 0 spiro atoms. The number of rotatable bonds is 3. The number of aromatic nitrogens is 3. The molecule has 1 aliphatic rings. The lowest BCUT2D eigenvalue weighted by molar-refractivity contribution is 0.252. The van der Waals surface area contributed by atoms with Crippen LogP contribution in [0.2, 0.25) is 0 Å². The molecule has 1 aliphatic heterocycles. The molecule has 8 nitrogen and oxygen atoms in total. The molecule has 22 heavy (non-hydrogen) atoms. The fraction of sp³-hybridized carbons (Fsp3) is 0.429. The van der Waals surface area contributed by atoms with Crippen LogP contribution in [0.15, 0.2) is 18.3 Å². The summed E-state index contributed by atoms with van der Waals surface area (Å²) in [5.41, 5.74) is 1.24. The van der Waals surface area contributed by atoms with Crippen molar-refractivity contribution < 1.29 is 4.79 Å². The first-order valence-corrected chi connectivity index (χ1v) is 7.40. The van der Waals surface area contributed by atoms with Crippen molar-refractivity contribution in [1.82, 2.24) is 25.6 Å². The minimum atomic E-state index is -0.277. The molecule has 0 unspecified atom stereocenters. The molecule has 3 heterocycles. The standard InChI is InChI=1S/C14H19N7O/c1-2-16-14(22)19-11-4-3-10-13(18-11)20-12(9-17-10)21-7-5-15-6-8-21/h3-4,9,15H,2,5-8H2,1H3,(H2,16,18,19,20,22). The monoisotopic (exact) mass is 301 g/mol. The summed E-state index contributed by atoms with van der Waals surface area (Å²) in [7, 11) is 0. The number of carbonyl (C=O) groups excluding carboxylic acids is 1. The van der Waals surface area contributed by atoms with Gasteiger partial charge in [-0.05, 0) is 19.1 Å². The molecule has 0 radical (unpaired) electrons. The Labute approximate surface area is 128 Å². The molecule has 2 aromatic rings. The SMILES string of the molecule is CCNC(=O)Nc1ccc2ncc(N3CCNCC3)nc2n1. The minimum Gasteiger partial charge on any atom is -0.353 e. The second kappa shape index (κ2) is 6.52. The van der Waals surface area contributed by atoms with Crippen LogP contribution in [0, 0.1) is 0 Å². The van der Waals surface area contributed by atoms with Gasteiger partial charge < -0.3 is 15.5 Å². The topological polar surface area (TPSA) is 95.1 Å². The number of urea groups is 1. The molecule has 0 aliphatic carbocycles. The van der Waals surface area contributed by atoms with E-state index in [0.717, 1.165) is 32.0 Å². The molecule has 3 rings (SSSR count). The van der Waals surface area contributed by atoms with Crippen LogP contribution in [0.4, 0.5) is 16.4 Å². The molecule has 1 fully saturated rings. The van der Waals surface area contributed by atoms with E-state index in [0.29, 0.717) is 23.5 Å². The first-order valence-electron chi connectivity index (χ1n) is 7.40. The van der Waals surface area contributed by atoms with Crippen LogP contribution < -0.4 is 20.9 Å². The number of anilines is 2. The van der Waals surface area contributed by atoms with Gasteiger partial charge in [-0.2, -0.15) is 0 Å². The van der Waals surface area contributed by atoms with Gasteiger partial charge in [0.15, 0.2) is 5.65 Å². The van der Waals surface area contributed by atoms with E-state index in [1.807, 2.05) is 6.92 Å². The van der Waals surface area contributed by atoms with E-state index in [9.17, 15) is 4.79 Å². The molecule has 0 aromatic carbocycles. The third-order valence-electron chi connectivity index (χ3n) is 3.41. The molecule has 3 N–H and O–H groups in total. The van der Waals surface area contributed by atoms with E-state index < -0.39 is 0 Å². The molecular weight excluding hydrogens is 282 g/mol. The van der Waals surface area contributed by atoms with Gasteiger partial charge in [0, 0.05) is 32.7 Å². The normalized spacial score (nSPS) is 14.9. The number of nitrogens with one attached hydrogen (secondary N) is 3. The number of piperazine rings is 1.